The van der Waals surface area contributed by atoms with Crippen molar-refractivity contribution in [1.82, 2.24) is 0 Å². The molecule has 2 amide bonds. The zero-order chi connectivity index (χ0) is 15.1. The molecule has 1 aromatic carbocycles. The minimum absolute atomic E-state index is 0.00295. The third-order valence-corrected chi connectivity index (χ3v) is 3.75. The van der Waals surface area contributed by atoms with Crippen LogP contribution in [0, 0.1) is 12.8 Å². The molecule has 0 aliphatic heterocycles. The van der Waals surface area contributed by atoms with Crippen molar-refractivity contribution in [1.29, 1.82) is 0 Å². The quantitative estimate of drug-likeness (QED) is 0.846. The fourth-order valence-electron chi connectivity index (χ4n) is 1.67. The molecule has 5 heteroatoms. The number of anilines is 2. The Labute approximate surface area is 124 Å². The van der Waals surface area contributed by atoms with Crippen LogP contribution in [0.5, 0.6) is 0 Å². The largest absolute Gasteiger partial charge is 0.326 e. The van der Waals surface area contributed by atoms with Crippen LogP contribution in [0.1, 0.15) is 25.8 Å². The van der Waals surface area contributed by atoms with Crippen molar-refractivity contribution in [2.45, 2.75) is 27.2 Å². The third kappa shape index (κ3) is 4.56. The standard InChI is InChI=1S/C15H22N2O2S/c1-5-10(2)15(19)17-13-8-6-7-12(11(13)3)16-14(18)9-20-4/h6-8,10H,5,9H2,1-4H3,(H,16,18)(H,17,19). The van der Waals surface area contributed by atoms with Crippen LogP contribution in [0.25, 0.3) is 0 Å². The average Bonchev–Trinajstić information content (AvgIpc) is 2.42. The van der Waals surface area contributed by atoms with Crippen LogP contribution in [-0.2, 0) is 9.59 Å². The van der Waals surface area contributed by atoms with Gasteiger partial charge in [-0.05, 0) is 37.3 Å². The molecule has 4 nitrogen and oxygen atoms in total. The first kappa shape index (κ1) is 16.6. The monoisotopic (exact) mass is 294 g/mol. The Bertz CT molecular complexity index is 489. The second-order valence-corrected chi connectivity index (χ2v) is 5.62. The van der Waals surface area contributed by atoms with Crippen molar-refractivity contribution in [2.75, 3.05) is 22.6 Å². The molecule has 0 heterocycles. The fraction of sp³-hybridized carbons (Fsp3) is 0.467. The molecule has 0 saturated carbocycles. The lowest BCUT2D eigenvalue weighted by atomic mass is 10.1. The number of rotatable bonds is 6. The van der Waals surface area contributed by atoms with Crippen LogP contribution in [0.3, 0.4) is 0 Å². The summed E-state index contributed by atoms with van der Waals surface area (Å²) >= 11 is 1.47. The van der Waals surface area contributed by atoms with Crippen LogP contribution < -0.4 is 10.6 Å². The number of amides is 2. The average molecular weight is 294 g/mol. The lowest BCUT2D eigenvalue weighted by molar-refractivity contribution is -0.119. The molecular weight excluding hydrogens is 272 g/mol. The normalized spacial score (nSPS) is 11.8. The molecule has 2 N–H and O–H groups in total. The predicted octanol–water partition coefficient (Wildman–Crippen LogP) is 3.28. The minimum atomic E-state index is -0.0361. The summed E-state index contributed by atoms with van der Waals surface area (Å²) in [6.07, 6.45) is 2.68. The molecule has 0 aliphatic rings. The zero-order valence-corrected chi connectivity index (χ0v) is 13.3. The van der Waals surface area contributed by atoms with Gasteiger partial charge < -0.3 is 10.6 Å². The van der Waals surface area contributed by atoms with Crippen molar-refractivity contribution in [3.05, 3.63) is 23.8 Å². The van der Waals surface area contributed by atoms with Crippen LogP contribution in [0.15, 0.2) is 18.2 Å². The van der Waals surface area contributed by atoms with E-state index in [4.69, 9.17) is 0 Å². The molecule has 20 heavy (non-hydrogen) atoms. The maximum atomic E-state index is 11.9. The van der Waals surface area contributed by atoms with Crippen molar-refractivity contribution >= 4 is 35.0 Å². The van der Waals surface area contributed by atoms with Crippen molar-refractivity contribution in [3.8, 4) is 0 Å². The van der Waals surface area contributed by atoms with Gasteiger partial charge in [-0.2, -0.15) is 11.8 Å². The highest BCUT2D eigenvalue weighted by molar-refractivity contribution is 7.99. The molecule has 0 aromatic heterocycles. The molecule has 1 unspecified atom stereocenters. The minimum Gasteiger partial charge on any atom is -0.326 e. The fourth-order valence-corrected chi connectivity index (χ4v) is 2.00. The highest BCUT2D eigenvalue weighted by Gasteiger charge is 2.13. The number of carbonyl (C=O) groups excluding carboxylic acids is 2. The molecule has 0 bridgehead atoms. The van der Waals surface area contributed by atoms with E-state index in [0.717, 1.165) is 23.4 Å². The van der Waals surface area contributed by atoms with E-state index in [0.29, 0.717) is 5.75 Å². The SMILES string of the molecule is CCC(C)C(=O)Nc1cccc(NC(=O)CSC)c1C. The first-order valence-corrected chi connectivity index (χ1v) is 8.08. The zero-order valence-electron chi connectivity index (χ0n) is 12.4. The summed E-state index contributed by atoms with van der Waals surface area (Å²) in [5.74, 6) is 0.362. The van der Waals surface area contributed by atoms with Gasteiger partial charge in [0.2, 0.25) is 11.8 Å². The lowest BCUT2D eigenvalue weighted by Gasteiger charge is -2.15. The smallest absolute Gasteiger partial charge is 0.234 e. The summed E-state index contributed by atoms with van der Waals surface area (Å²) in [6, 6.07) is 5.51. The molecule has 1 aromatic rings. The van der Waals surface area contributed by atoms with Crippen LogP contribution in [0.4, 0.5) is 11.4 Å². The summed E-state index contributed by atoms with van der Waals surface area (Å²) in [5, 5.41) is 5.77. The van der Waals surface area contributed by atoms with E-state index in [1.165, 1.54) is 11.8 Å². The Hall–Kier alpha value is -1.49. The highest BCUT2D eigenvalue weighted by Crippen LogP contribution is 2.24. The van der Waals surface area contributed by atoms with Crippen molar-refractivity contribution in [3.63, 3.8) is 0 Å². The van der Waals surface area contributed by atoms with E-state index in [1.54, 1.807) is 0 Å². The maximum Gasteiger partial charge on any atom is 0.234 e. The molecular formula is C15H22N2O2S. The number of carbonyl (C=O) groups is 2. The molecule has 0 aliphatic carbocycles. The van der Waals surface area contributed by atoms with Crippen molar-refractivity contribution in [2.24, 2.45) is 5.92 Å². The number of thioether (sulfide) groups is 1. The predicted molar refractivity (Wildman–Crippen MR) is 86.3 cm³/mol. The Morgan fingerprint density at radius 2 is 1.85 bits per heavy atom. The van der Waals surface area contributed by atoms with Gasteiger partial charge >= 0.3 is 0 Å². The number of benzene rings is 1. The first-order valence-electron chi connectivity index (χ1n) is 6.68. The maximum absolute atomic E-state index is 11.9. The number of hydrogen-bond donors (Lipinski definition) is 2. The lowest BCUT2D eigenvalue weighted by Crippen LogP contribution is -2.21. The molecule has 0 radical (unpaired) electrons. The van der Waals surface area contributed by atoms with Gasteiger partial charge in [0, 0.05) is 17.3 Å². The van der Waals surface area contributed by atoms with Gasteiger partial charge in [0.05, 0.1) is 5.75 Å². The summed E-state index contributed by atoms with van der Waals surface area (Å²) < 4.78 is 0. The summed E-state index contributed by atoms with van der Waals surface area (Å²) in [5.41, 5.74) is 2.36. The summed E-state index contributed by atoms with van der Waals surface area (Å²) in [6.45, 7) is 5.77. The van der Waals surface area contributed by atoms with E-state index in [2.05, 4.69) is 10.6 Å². The highest BCUT2D eigenvalue weighted by atomic mass is 32.2. The molecule has 1 rings (SSSR count). The van der Waals surface area contributed by atoms with Gasteiger partial charge in [-0.15, -0.1) is 0 Å². The van der Waals surface area contributed by atoms with Gasteiger partial charge in [0.25, 0.3) is 0 Å². The molecule has 0 saturated heterocycles. The number of hydrogen-bond acceptors (Lipinski definition) is 3. The molecule has 1 atom stereocenters. The van der Waals surface area contributed by atoms with Gasteiger partial charge in [0.1, 0.15) is 0 Å². The Morgan fingerprint density at radius 3 is 2.40 bits per heavy atom. The van der Waals surface area contributed by atoms with Gasteiger partial charge in [-0.1, -0.05) is 19.9 Å². The van der Waals surface area contributed by atoms with Gasteiger partial charge in [-0.25, -0.2) is 0 Å². The molecule has 0 spiro atoms. The van der Waals surface area contributed by atoms with Crippen molar-refractivity contribution < 1.29 is 9.59 Å². The van der Waals surface area contributed by atoms with Crippen LogP contribution in [0.2, 0.25) is 0 Å². The summed E-state index contributed by atoms with van der Waals surface area (Å²) in [7, 11) is 0. The van der Waals surface area contributed by atoms with E-state index < -0.39 is 0 Å². The topological polar surface area (TPSA) is 58.2 Å². The van der Waals surface area contributed by atoms with E-state index in [1.807, 2.05) is 45.2 Å². The molecule has 110 valence electrons. The molecule has 0 fully saturated rings. The van der Waals surface area contributed by atoms with E-state index in [9.17, 15) is 9.59 Å². The van der Waals surface area contributed by atoms with E-state index in [-0.39, 0.29) is 17.7 Å². The number of nitrogens with one attached hydrogen (secondary N) is 2. The Morgan fingerprint density at radius 1 is 1.25 bits per heavy atom. The summed E-state index contributed by atoms with van der Waals surface area (Å²) in [4.78, 5) is 23.6. The first-order chi connectivity index (χ1) is 9.49. The van der Waals surface area contributed by atoms with Crippen LogP contribution in [-0.4, -0.2) is 23.8 Å². The van der Waals surface area contributed by atoms with Gasteiger partial charge in [-0.3, -0.25) is 9.59 Å². The second-order valence-electron chi connectivity index (χ2n) is 4.76. The third-order valence-electron chi connectivity index (χ3n) is 3.20. The van der Waals surface area contributed by atoms with E-state index >= 15 is 0 Å². The Balaban J connectivity index is 2.84. The second kappa shape index (κ2) is 7.94. The Kier molecular flexibility index (Phi) is 6.58. The van der Waals surface area contributed by atoms with Crippen LogP contribution >= 0.6 is 11.8 Å². The van der Waals surface area contributed by atoms with Gasteiger partial charge in [0.15, 0.2) is 0 Å².